The Morgan fingerprint density at radius 2 is 1.75 bits per heavy atom. The predicted octanol–water partition coefficient (Wildman–Crippen LogP) is 5.23. The number of aromatic nitrogens is 2. The minimum Gasteiger partial charge on any atom is -0.367 e. The zero-order valence-electron chi connectivity index (χ0n) is 14.3. The molecule has 24 heavy (non-hydrogen) atoms. The summed E-state index contributed by atoms with van der Waals surface area (Å²) in [6, 6.07) is 17.5. The molecule has 4 rings (SSSR count). The van der Waals surface area contributed by atoms with E-state index in [1.165, 1.54) is 43.5 Å². The van der Waals surface area contributed by atoms with Crippen molar-refractivity contribution < 1.29 is 0 Å². The van der Waals surface area contributed by atoms with Crippen molar-refractivity contribution in [3.05, 3.63) is 66.0 Å². The molecule has 0 spiro atoms. The summed E-state index contributed by atoms with van der Waals surface area (Å²) in [4.78, 5) is 4.95. The predicted molar refractivity (Wildman–Crippen MR) is 99.6 cm³/mol. The van der Waals surface area contributed by atoms with Gasteiger partial charge < -0.3 is 5.32 Å². The Bertz CT molecular complexity index is 800. The number of anilines is 1. The average Bonchev–Trinajstić information content (AvgIpc) is 3.01. The quantitative estimate of drug-likeness (QED) is 0.713. The molecule has 0 bridgehead atoms. The highest BCUT2D eigenvalue weighted by Crippen LogP contribution is 2.32. The van der Waals surface area contributed by atoms with Crippen LogP contribution in [-0.4, -0.2) is 15.4 Å². The van der Waals surface area contributed by atoms with Crippen LogP contribution in [0.3, 0.4) is 0 Å². The number of hydrogen-bond acceptors (Lipinski definition) is 2. The normalized spacial score (nSPS) is 17.0. The third-order valence-corrected chi connectivity index (χ3v) is 5.21. The van der Waals surface area contributed by atoms with Crippen molar-refractivity contribution in [2.24, 2.45) is 0 Å². The number of hydrogen-bond donors (Lipinski definition) is 1. The van der Waals surface area contributed by atoms with Crippen molar-refractivity contribution in [3.8, 4) is 0 Å². The first-order valence-electron chi connectivity index (χ1n) is 9.11. The first-order valence-corrected chi connectivity index (χ1v) is 9.11. The zero-order chi connectivity index (χ0) is 16.4. The van der Waals surface area contributed by atoms with E-state index in [1.807, 2.05) is 0 Å². The Morgan fingerprint density at radius 3 is 2.54 bits per heavy atom. The third-order valence-electron chi connectivity index (χ3n) is 5.21. The summed E-state index contributed by atoms with van der Waals surface area (Å²) in [6.45, 7) is 2.25. The number of nitrogens with zero attached hydrogens (tertiary/aromatic N) is 2. The molecule has 3 heteroatoms. The monoisotopic (exact) mass is 319 g/mol. The Morgan fingerprint density at radius 1 is 1.00 bits per heavy atom. The van der Waals surface area contributed by atoms with Crippen molar-refractivity contribution in [1.82, 2.24) is 9.38 Å². The fourth-order valence-electron chi connectivity index (χ4n) is 3.80. The molecule has 1 saturated carbocycles. The van der Waals surface area contributed by atoms with Crippen LogP contribution >= 0.6 is 0 Å². The minimum atomic E-state index is 0.275. The maximum Gasteiger partial charge on any atom is 0.138 e. The van der Waals surface area contributed by atoms with Crippen LogP contribution in [0.2, 0.25) is 0 Å². The van der Waals surface area contributed by atoms with Crippen LogP contribution in [0.1, 0.15) is 56.2 Å². The van der Waals surface area contributed by atoms with Gasteiger partial charge in [-0.3, -0.25) is 4.40 Å². The van der Waals surface area contributed by atoms with Crippen LogP contribution in [0.15, 0.2) is 54.7 Å². The lowest BCUT2D eigenvalue weighted by atomic mass is 9.94. The van der Waals surface area contributed by atoms with Gasteiger partial charge in [0.2, 0.25) is 0 Å². The summed E-state index contributed by atoms with van der Waals surface area (Å²) in [6.07, 6.45) is 8.68. The van der Waals surface area contributed by atoms with Crippen LogP contribution in [-0.2, 0) is 0 Å². The maximum atomic E-state index is 4.95. The number of nitrogens with one attached hydrogen (secondary N) is 1. The number of rotatable bonds is 4. The molecule has 1 fully saturated rings. The molecule has 0 saturated heterocycles. The van der Waals surface area contributed by atoms with E-state index in [4.69, 9.17) is 4.98 Å². The Hall–Kier alpha value is -2.29. The van der Waals surface area contributed by atoms with E-state index in [-0.39, 0.29) is 5.92 Å². The molecule has 2 aromatic heterocycles. The van der Waals surface area contributed by atoms with Gasteiger partial charge in [-0.05, 0) is 30.5 Å². The van der Waals surface area contributed by atoms with E-state index >= 15 is 0 Å². The van der Waals surface area contributed by atoms with Gasteiger partial charge in [0.15, 0.2) is 0 Å². The van der Waals surface area contributed by atoms with Crippen LogP contribution in [0.25, 0.3) is 5.65 Å². The van der Waals surface area contributed by atoms with Gasteiger partial charge in [-0.1, -0.05) is 62.6 Å². The van der Waals surface area contributed by atoms with E-state index < -0.39 is 0 Å². The van der Waals surface area contributed by atoms with E-state index in [0.29, 0.717) is 6.04 Å². The highest BCUT2D eigenvalue weighted by molar-refractivity contribution is 5.58. The van der Waals surface area contributed by atoms with Crippen LogP contribution in [0.4, 0.5) is 5.82 Å². The lowest BCUT2D eigenvalue weighted by Crippen LogP contribution is -2.24. The molecular formula is C21H25N3. The first-order chi connectivity index (χ1) is 11.8. The molecule has 0 aliphatic heterocycles. The zero-order valence-corrected chi connectivity index (χ0v) is 14.3. The summed E-state index contributed by atoms with van der Waals surface area (Å²) in [5, 5.41) is 3.82. The van der Waals surface area contributed by atoms with Gasteiger partial charge in [-0.25, -0.2) is 4.98 Å². The molecule has 3 aromatic rings. The molecule has 0 radical (unpaired) electrons. The fraction of sp³-hybridized carbons (Fsp3) is 0.381. The standard InChI is InChI=1S/C21H25N3/c1-16(17-10-4-2-5-11-17)20-21(22-18-12-6-3-7-13-18)24-15-9-8-14-19(24)23-20/h2,4-5,8-11,14-16,18,22H,3,6-7,12-13H2,1H3. The lowest BCUT2D eigenvalue weighted by Gasteiger charge is -2.25. The van der Waals surface area contributed by atoms with Crippen molar-refractivity contribution >= 4 is 11.5 Å². The van der Waals surface area contributed by atoms with E-state index in [0.717, 1.165) is 11.3 Å². The molecule has 1 N–H and O–H groups in total. The second kappa shape index (κ2) is 6.68. The van der Waals surface area contributed by atoms with Crippen LogP contribution in [0, 0.1) is 0 Å². The second-order valence-electron chi connectivity index (χ2n) is 6.89. The molecule has 0 amide bonds. The first kappa shape index (κ1) is 15.3. The summed E-state index contributed by atoms with van der Waals surface area (Å²) < 4.78 is 2.21. The largest absolute Gasteiger partial charge is 0.367 e. The number of imidazole rings is 1. The number of fused-ring (bicyclic) bond motifs is 1. The van der Waals surface area contributed by atoms with Gasteiger partial charge in [0.05, 0.1) is 5.69 Å². The fourth-order valence-corrected chi connectivity index (χ4v) is 3.80. The summed E-state index contributed by atoms with van der Waals surface area (Å²) >= 11 is 0. The minimum absolute atomic E-state index is 0.275. The van der Waals surface area contributed by atoms with Crippen molar-refractivity contribution in [1.29, 1.82) is 0 Å². The Balaban J connectivity index is 1.74. The van der Waals surface area contributed by atoms with Gasteiger partial charge in [0.1, 0.15) is 11.5 Å². The van der Waals surface area contributed by atoms with E-state index in [1.54, 1.807) is 0 Å². The molecule has 1 aromatic carbocycles. The van der Waals surface area contributed by atoms with Crippen molar-refractivity contribution in [3.63, 3.8) is 0 Å². The average molecular weight is 319 g/mol. The van der Waals surface area contributed by atoms with E-state index in [9.17, 15) is 0 Å². The molecule has 1 atom stereocenters. The smallest absolute Gasteiger partial charge is 0.138 e. The highest BCUT2D eigenvalue weighted by atomic mass is 15.1. The second-order valence-corrected chi connectivity index (χ2v) is 6.89. The topological polar surface area (TPSA) is 29.3 Å². The molecular weight excluding hydrogens is 294 g/mol. The molecule has 124 valence electrons. The molecule has 3 nitrogen and oxygen atoms in total. The summed E-state index contributed by atoms with van der Waals surface area (Å²) in [5.74, 6) is 1.45. The third kappa shape index (κ3) is 2.91. The van der Waals surface area contributed by atoms with Gasteiger partial charge in [-0.2, -0.15) is 0 Å². The SMILES string of the molecule is CC(c1ccccc1)c1nc2ccccn2c1NC1CCCCC1. The summed E-state index contributed by atoms with van der Waals surface area (Å²) in [5.41, 5.74) is 3.49. The Labute approximate surface area is 143 Å². The van der Waals surface area contributed by atoms with Crippen molar-refractivity contribution in [2.45, 2.75) is 51.0 Å². The molecule has 1 aliphatic carbocycles. The Kier molecular flexibility index (Phi) is 4.24. The summed E-state index contributed by atoms with van der Waals surface area (Å²) in [7, 11) is 0. The lowest BCUT2D eigenvalue weighted by molar-refractivity contribution is 0.461. The highest BCUT2D eigenvalue weighted by Gasteiger charge is 2.22. The molecule has 1 aliphatic rings. The maximum absolute atomic E-state index is 4.95. The van der Waals surface area contributed by atoms with Crippen molar-refractivity contribution in [2.75, 3.05) is 5.32 Å². The molecule has 1 unspecified atom stereocenters. The number of pyridine rings is 1. The number of benzene rings is 1. The van der Waals surface area contributed by atoms with Gasteiger partial charge in [-0.15, -0.1) is 0 Å². The van der Waals surface area contributed by atoms with Gasteiger partial charge in [0.25, 0.3) is 0 Å². The molecule has 2 heterocycles. The van der Waals surface area contributed by atoms with E-state index in [2.05, 4.69) is 71.4 Å². The van der Waals surface area contributed by atoms with Crippen LogP contribution < -0.4 is 5.32 Å². The van der Waals surface area contributed by atoms with Gasteiger partial charge in [0, 0.05) is 18.2 Å². The van der Waals surface area contributed by atoms with Gasteiger partial charge >= 0.3 is 0 Å². The van der Waals surface area contributed by atoms with Crippen LogP contribution in [0.5, 0.6) is 0 Å².